The fraction of sp³-hybridized carbons (Fsp3) is 0.200. The maximum Gasteiger partial charge on any atom is 0.147 e. The van der Waals surface area contributed by atoms with E-state index in [2.05, 4.69) is 6.07 Å². The maximum absolute atomic E-state index is 14.1. The molecule has 0 spiro atoms. The molecule has 0 saturated heterocycles. The summed E-state index contributed by atoms with van der Waals surface area (Å²) in [5.41, 5.74) is 9.56. The predicted octanol–water partition coefficient (Wildman–Crippen LogP) is 2.98. The quantitative estimate of drug-likeness (QED) is 0.877. The van der Waals surface area contributed by atoms with Crippen molar-refractivity contribution in [3.8, 4) is 0 Å². The predicted molar refractivity (Wildman–Crippen MR) is 71.4 cm³/mol. The van der Waals surface area contributed by atoms with Gasteiger partial charge in [0.15, 0.2) is 0 Å². The zero-order chi connectivity index (χ0) is 12.5. The van der Waals surface area contributed by atoms with Gasteiger partial charge >= 0.3 is 0 Å². The van der Waals surface area contributed by atoms with E-state index in [-0.39, 0.29) is 5.82 Å². The van der Waals surface area contributed by atoms with E-state index >= 15 is 0 Å². The Morgan fingerprint density at radius 3 is 2.78 bits per heavy atom. The Balaban J connectivity index is 2.13. The first-order valence-corrected chi connectivity index (χ1v) is 6.14. The molecule has 1 heterocycles. The van der Waals surface area contributed by atoms with Crippen LogP contribution in [0.25, 0.3) is 0 Å². The molecule has 0 unspecified atom stereocenters. The Labute approximate surface area is 106 Å². The summed E-state index contributed by atoms with van der Waals surface area (Å²) in [4.78, 5) is 2.03. The van der Waals surface area contributed by atoms with E-state index in [0.29, 0.717) is 12.2 Å². The van der Waals surface area contributed by atoms with Gasteiger partial charge in [0.25, 0.3) is 0 Å². The van der Waals surface area contributed by atoms with Crippen molar-refractivity contribution >= 4 is 11.4 Å². The zero-order valence-corrected chi connectivity index (χ0v) is 10.1. The zero-order valence-electron chi connectivity index (χ0n) is 10.1. The molecule has 0 aromatic heterocycles. The average molecular weight is 242 g/mol. The summed E-state index contributed by atoms with van der Waals surface area (Å²) in [6.45, 7) is 1.17. The van der Waals surface area contributed by atoms with Gasteiger partial charge in [-0.2, -0.15) is 0 Å². The summed E-state index contributed by atoms with van der Waals surface area (Å²) in [5.74, 6) is -0.199. The minimum atomic E-state index is -0.199. The van der Waals surface area contributed by atoms with E-state index in [9.17, 15) is 4.39 Å². The molecule has 3 heteroatoms. The maximum atomic E-state index is 14.1. The number of fused-ring (bicyclic) bond motifs is 1. The first-order chi connectivity index (χ1) is 8.81. The topological polar surface area (TPSA) is 29.3 Å². The summed E-state index contributed by atoms with van der Waals surface area (Å²) in [6.07, 6.45) is 0.953. The van der Waals surface area contributed by atoms with Crippen molar-refractivity contribution in [2.75, 3.05) is 11.4 Å². The largest absolute Gasteiger partial charge is 0.338 e. The summed E-state index contributed by atoms with van der Waals surface area (Å²) in [5, 5.41) is 0. The van der Waals surface area contributed by atoms with Crippen LogP contribution in [0.4, 0.5) is 15.8 Å². The van der Waals surface area contributed by atoms with Gasteiger partial charge in [0.05, 0.1) is 5.69 Å². The number of rotatable bonds is 2. The minimum Gasteiger partial charge on any atom is -0.338 e. The van der Waals surface area contributed by atoms with Crippen LogP contribution in [0.5, 0.6) is 0 Å². The molecule has 0 bridgehead atoms. The van der Waals surface area contributed by atoms with Crippen molar-refractivity contribution in [2.45, 2.75) is 13.0 Å². The fourth-order valence-corrected chi connectivity index (χ4v) is 2.60. The Bertz CT molecular complexity index is 580. The van der Waals surface area contributed by atoms with E-state index in [1.165, 1.54) is 11.6 Å². The number of para-hydroxylation sites is 2. The van der Waals surface area contributed by atoms with Crippen molar-refractivity contribution in [1.29, 1.82) is 0 Å². The summed E-state index contributed by atoms with van der Waals surface area (Å²) < 4.78 is 14.1. The average Bonchev–Trinajstić information content (AvgIpc) is 2.82. The van der Waals surface area contributed by atoms with E-state index in [4.69, 9.17) is 5.73 Å². The summed E-state index contributed by atoms with van der Waals surface area (Å²) >= 11 is 0. The third kappa shape index (κ3) is 1.68. The van der Waals surface area contributed by atoms with Crippen LogP contribution >= 0.6 is 0 Å². The van der Waals surface area contributed by atoms with Crippen molar-refractivity contribution in [3.63, 3.8) is 0 Å². The third-order valence-corrected chi connectivity index (χ3v) is 3.45. The molecule has 1 aliphatic heterocycles. The van der Waals surface area contributed by atoms with Crippen LogP contribution in [0.2, 0.25) is 0 Å². The van der Waals surface area contributed by atoms with Crippen LogP contribution < -0.4 is 10.6 Å². The molecule has 0 aliphatic carbocycles. The Hall–Kier alpha value is -1.87. The number of nitrogens with zero attached hydrogens (tertiary/aromatic N) is 1. The lowest BCUT2D eigenvalue weighted by atomic mass is 10.1. The number of hydrogen-bond donors (Lipinski definition) is 1. The third-order valence-electron chi connectivity index (χ3n) is 3.45. The molecule has 0 saturated carbocycles. The van der Waals surface area contributed by atoms with Gasteiger partial charge in [-0.1, -0.05) is 30.3 Å². The van der Waals surface area contributed by atoms with Gasteiger partial charge in [-0.25, -0.2) is 4.39 Å². The van der Waals surface area contributed by atoms with Crippen LogP contribution in [0.15, 0.2) is 42.5 Å². The Morgan fingerprint density at radius 1 is 1.11 bits per heavy atom. The molecule has 3 rings (SSSR count). The number of halogens is 1. The lowest BCUT2D eigenvalue weighted by Gasteiger charge is -2.23. The molecule has 0 radical (unpaired) electrons. The van der Waals surface area contributed by atoms with Crippen LogP contribution in [0, 0.1) is 5.82 Å². The number of hydrogen-bond acceptors (Lipinski definition) is 2. The SMILES string of the molecule is NCc1cccc(F)c1N1CCc2ccccc21. The lowest BCUT2D eigenvalue weighted by molar-refractivity contribution is 0.623. The highest BCUT2D eigenvalue weighted by molar-refractivity contribution is 5.72. The molecule has 0 amide bonds. The molecule has 1 aliphatic rings. The molecule has 18 heavy (non-hydrogen) atoms. The standard InChI is InChI=1S/C15H15FN2/c16-13-6-3-5-12(10-17)15(13)18-9-8-11-4-1-2-7-14(11)18/h1-7H,8-10,17H2. The molecular formula is C15H15FN2. The van der Waals surface area contributed by atoms with Gasteiger partial charge < -0.3 is 10.6 Å². The van der Waals surface area contributed by atoms with Gasteiger partial charge in [0.2, 0.25) is 0 Å². The van der Waals surface area contributed by atoms with Gasteiger partial charge in [0, 0.05) is 18.8 Å². The second-order valence-electron chi connectivity index (χ2n) is 4.48. The molecule has 0 fully saturated rings. The van der Waals surface area contributed by atoms with Crippen molar-refractivity contribution in [3.05, 3.63) is 59.4 Å². The van der Waals surface area contributed by atoms with Gasteiger partial charge in [-0.3, -0.25) is 0 Å². The minimum absolute atomic E-state index is 0.199. The first kappa shape index (κ1) is 11.2. The van der Waals surface area contributed by atoms with Gasteiger partial charge in [0.1, 0.15) is 5.82 Å². The monoisotopic (exact) mass is 242 g/mol. The van der Waals surface area contributed by atoms with E-state index in [0.717, 1.165) is 24.2 Å². The number of anilines is 2. The number of benzene rings is 2. The van der Waals surface area contributed by atoms with E-state index < -0.39 is 0 Å². The molecule has 2 N–H and O–H groups in total. The van der Waals surface area contributed by atoms with Crippen LogP contribution in [0.3, 0.4) is 0 Å². The van der Waals surface area contributed by atoms with Gasteiger partial charge in [-0.15, -0.1) is 0 Å². The molecule has 0 atom stereocenters. The van der Waals surface area contributed by atoms with E-state index in [1.807, 2.05) is 29.2 Å². The van der Waals surface area contributed by atoms with Crippen LogP contribution in [0.1, 0.15) is 11.1 Å². The molecule has 92 valence electrons. The summed E-state index contributed by atoms with van der Waals surface area (Å²) in [6, 6.07) is 13.2. The lowest BCUT2D eigenvalue weighted by Crippen LogP contribution is -2.18. The van der Waals surface area contributed by atoms with Crippen molar-refractivity contribution < 1.29 is 4.39 Å². The first-order valence-electron chi connectivity index (χ1n) is 6.14. The smallest absolute Gasteiger partial charge is 0.147 e. The van der Waals surface area contributed by atoms with Crippen molar-refractivity contribution in [2.24, 2.45) is 5.73 Å². The highest BCUT2D eigenvalue weighted by Crippen LogP contribution is 2.37. The van der Waals surface area contributed by atoms with Gasteiger partial charge in [-0.05, 0) is 29.7 Å². The normalized spacial score (nSPS) is 13.8. The Kier molecular flexibility index (Phi) is 2.76. The fourth-order valence-electron chi connectivity index (χ4n) is 2.60. The number of nitrogens with two attached hydrogens (primary N) is 1. The molecule has 2 nitrogen and oxygen atoms in total. The Morgan fingerprint density at radius 2 is 1.94 bits per heavy atom. The van der Waals surface area contributed by atoms with Crippen LogP contribution in [-0.4, -0.2) is 6.54 Å². The molecule has 2 aromatic rings. The second-order valence-corrected chi connectivity index (χ2v) is 4.48. The molecular weight excluding hydrogens is 227 g/mol. The summed E-state index contributed by atoms with van der Waals surface area (Å²) in [7, 11) is 0. The second kappa shape index (κ2) is 4.42. The highest BCUT2D eigenvalue weighted by Gasteiger charge is 2.23. The van der Waals surface area contributed by atoms with E-state index in [1.54, 1.807) is 6.07 Å². The molecule has 2 aromatic carbocycles. The highest BCUT2D eigenvalue weighted by atomic mass is 19.1. The van der Waals surface area contributed by atoms with Crippen LogP contribution in [-0.2, 0) is 13.0 Å². The van der Waals surface area contributed by atoms with Crippen molar-refractivity contribution in [1.82, 2.24) is 0 Å².